The lowest BCUT2D eigenvalue weighted by molar-refractivity contribution is 0.177. The van der Waals surface area contributed by atoms with E-state index >= 15 is 0 Å². The zero-order valence-electron chi connectivity index (χ0n) is 16.2. The topological polar surface area (TPSA) is 77.2 Å². The molecule has 2 aromatic heterocycles. The SMILES string of the molecule is COCc1nc(C2CC(N)C2)cc(N(C)Cc2csc(C(C)C)n2)n1.Cl.Cl. The normalized spacial score (nSPS) is 18.4. The van der Waals surface area contributed by atoms with Gasteiger partial charge >= 0.3 is 0 Å². The smallest absolute Gasteiger partial charge is 0.156 e. The molecule has 2 aromatic rings. The van der Waals surface area contributed by atoms with E-state index in [-0.39, 0.29) is 24.8 Å². The Bertz CT molecular complexity index is 722. The van der Waals surface area contributed by atoms with Crippen LogP contribution < -0.4 is 10.6 Å². The Hall–Kier alpha value is -0.990. The van der Waals surface area contributed by atoms with Gasteiger partial charge in [0, 0.05) is 49.2 Å². The fraction of sp³-hybridized carbons (Fsp3) is 0.611. The lowest BCUT2D eigenvalue weighted by Crippen LogP contribution is -2.35. The second-order valence-corrected chi connectivity index (χ2v) is 8.01. The van der Waals surface area contributed by atoms with Gasteiger partial charge in [0.05, 0.1) is 17.2 Å². The zero-order valence-corrected chi connectivity index (χ0v) is 18.7. The highest BCUT2D eigenvalue weighted by atomic mass is 35.5. The third-order valence-corrected chi connectivity index (χ3v) is 5.69. The summed E-state index contributed by atoms with van der Waals surface area (Å²) in [6, 6.07) is 2.39. The number of aromatic nitrogens is 3. The van der Waals surface area contributed by atoms with Crippen molar-refractivity contribution in [3.63, 3.8) is 0 Å². The van der Waals surface area contributed by atoms with Crippen LogP contribution in [0.25, 0.3) is 0 Å². The van der Waals surface area contributed by atoms with Crippen LogP contribution in [0.2, 0.25) is 0 Å². The van der Waals surface area contributed by atoms with E-state index in [0.717, 1.165) is 42.4 Å². The lowest BCUT2D eigenvalue weighted by atomic mass is 9.78. The van der Waals surface area contributed by atoms with Crippen LogP contribution in [0.15, 0.2) is 11.4 Å². The highest BCUT2D eigenvalue weighted by Gasteiger charge is 2.29. The van der Waals surface area contributed by atoms with Crippen molar-refractivity contribution in [2.75, 3.05) is 19.1 Å². The number of nitrogens with two attached hydrogens (primary N) is 1. The lowest BCUT2D eigenvalue weighted by Gasteiger charge is -2.32. The van der Waals surface area contributed by atoms with Gasteiger partial charge < -0.3 is 15.4 Å². The molecule has 0 saturated heterocycles. The van der Waals surface area contributed by atoms with Crippen LogP contribution in [0, 0.1) is 0 Å². The van der Waals surface area contributed by atoms with E-state index in [1.165, 1.54) is 5.01 Å². The van der Waals surface area contributed by atoms with Crippen LogP contribution in [-0.4, -0.2) is 35.2 Å². The predicted molar refractivity (Wildman–Crippen MR) is 116 cm³/mol. The van der Waals surface area contributed by atoms with Crippen molar-refractivity contribution >= 4 is 42.0 Å². The van der Waals surface area contributed by atoms with Crippen molar-refractivity contribution in [3.05, 3.63) is 33.7 Å². The average molecular weight is 434 g/mol. The van der Waals surface area contributed by atoms with Crippen molar-refractivity contribution < 1.29 is 4.74 Å². The average Bonchev–Trinajstić information content (AvgIpc) is 3.00. The van der Waals surface area contributed by atoms with Crippen molar-refractivity contribution in [1.29, 1.82) is 0 Å². The van der Waals surface area contributed by atoms with E-state index in [2.05, 4.69) is 40.2 Å². The molecule has 1 saturated carbocycles. The Labute approximate surface area is 177 Å². The summed E-state index contributed by atoms with van der Waals surface area (Å²) in [5, 5.41) is 3.31. The Morgan fingerprint density at radius 3 is 2.52 bits per heavy atom. The van der Waals surface area contributed by atoms with Gasteiger partial charge in [-0.1, -0.05) is 13.8 Å². The van der Waals surface area contributed by atoms with Crippen LogP contribution in [0.3, 0.4) is 0 Å². The van der Waals surface area contributed by atoms with E-state index in [9.17, 15) is 0 Å². The molecule has 2 heterocycles. The summed E-state index contributed by atoms with van der Waals surface area (Å²) in [5.41, 5.74) is 8.10. The van der Waals surface area contributed by atoms with E-state index in [4.69, 9.17) is 15.5 Å². The first-order chi connectivity index (χ1) is 12.0. The highest BCUT2D eigenvalue weighted by molar-refractivity contribution is 7.09. The van der Waals surface area contributed by atoms with Gasteiger partial charge in [0.25, 0.3) is 0 Å². The molecular weight excluding hydrogens is 405 g/mol. The highest BCUT2D eigenvalue weighted by Crippen LogP contribution is 2.35. The molecular formula is C18H29Cl2N5OS. The van der Waals surface area contributed by atoms with E-state index in [1.54, 1.807) is 18.4 Å². The fourth-order valence-corrected chi connectivity index (χ4v) is 3.82. The molecule has 0 atom stereocenters. The number of methoxy groups -OCH3 is 1. The standard InChI is InChI=1S/C18H27N5OS.2ClH/c1-11(2)18-20-14(10-25-18)8-23(3)17-7-15(12-5-13(19)6-12)21-16(22-17)9-24-4;;/h7,10-13H,5-6,8-9,19H2,1-4H3;2*1H. The second-order valence-electron chi connectivity index (χ2n) is 7.12. The van der Waals surface area contributed by atoms with Gasteiger partial charge in [0.1, 0.15) is 12.4 Å². The quantitative estimate of drug-likeness (QED) is 0.713. The number of hydrogen-bond acceptors (Lipinski definition) is 7. The fourth-order valence-electron chi connectivity index (χ4n) is 2.99. The third-order valence-electron chi connectivity index (χ3n) is 4.50. The monoisotopic (exact) mass is 433 g/mol. The Balaban J connectivity index is 0.00000182. The maximum atomic E-state index is 5.94. The van der Waals surface area contributed by atoms with E-state index < -0.39 is 0 Å². The third kappa shape index (κ3) is 5.99. The summed E-state index contributed by atoms with van der Waals surface area (Å²) < 4.78 is 5.24. The first kappa shape index (κ1) is 24.0. The van der Waals surface area contributed by atoms with E-state index in [1.807, 2.05) is 7.05 Å². The van der Waals surface area contributed by atoms with Gasteiger partial charge in [0.15, 0.2) is 5.82 Å². The molecule has 3 rings (SSSR count). The van der Waals surface area contributed by atoms with Gasteiger partial charge in [-0.15, -0.1) is 36.2 Å². The molecule has 9 heteroatoms. The minimum Gasteiger partial charge on any atom is -0.377 e. The van der Waals surface area contributed by atoms with Crippen molar-refractivity contribution in [3.8, 4) is 0 Å². The maximum absolute atomic E-state index is 5.94. The molecule has 27 heavy (non-hydrogen) atoms. The summed E-state index contributed by atoms with van der Waals surface area (Å²) in [6.45, 7) is 5.49. The Morgan fingerprint density at radius 2 is 1.96 bits per heavy atom. The van der Waals surface area contributed by atoms with Crippen LogP contribution in [0.5, 0.6) is 0 Å². The van der Waals surface area contributed by atoms with Crippen molar-refractivity contribution in [2.24, 2.45) is 5.73 Å². The van der Waals surface area contributed by atoms with Crippen molar-refractivity contribution in [2.45, 2.75) is 57.7 Å². The number of hydrogen-bond donors (Lipinski definition) is 1. The number of halogens is 2. The van der Waals surface area contributed by atoms with Gasteiger partial charge in [0.2, 0.25) is 0 Å². The minimum absolute atomic E-state index is 0. The summed E-state index contributed by atoms with van der Waals surface area (Å²) in [5.74, 6) is 2.54. The van der Waals surface area contributed by atoms with Crippen molar-refractivity contribution in [1.82, 2.24) is 15.0 Å². The second kappa shape index (κ2) is 10.5. The van der Waals surface area contributed by atoms with Crippen LogP contribution >= 0.6 is 36.2 Å². The molecule has 0 spiro atoms. The van der Waals surface area contributed by atoms with Crippen LogP contribution in [0.4, 0.5) is 5.82 Å². The minimum atomic E-state index is 0. The van der Waals surface area contributed by atoms with Crippen LogP contribution in [-0.2, 0) is 17.9 Å². The number of ether oxygens (including phenoxy) is 1. The first-order valence-corrected chi connectivity index (χ1v) is 9.62. The number of anilines is 1. The summed E-state index contributed by atoms with van der Waals surface area (Å²) >= 11 is 1.72. The molecule has 0 amide bonds. The van der Waals surface area contributed by atoms with Crippen LogP contribution in [0.1, 0.15) is 60.7 Å². The molecule has 1 aliphatic rings. The molecule has 2 N–H and O–H groups in total. The summed E-state index contributed by atoms with van der Waals surface area (Å²) in [6.07, 6.45) is 1.99. The molecule has 1 fully saturated rings. The Kier molecular flexibility index (Phi) is 9.38. The Morgan fingerprint density at radius 1 is 1.26 bits per heavy atom. The first-order valence-electron chi connectivity index (χ1n) is 8.74. The predicted octanol–water partition coefficient (Wildman–Crippen LogP) is 3.89. The molecule has 1 aliphatic carbocycles. The number of thiazole rings is 1. The van der Waals surface area contributed by atoms with Gasteiger partial charge in [-0.05, 0) is 12.8 Å². The maximum Gasteiger partial charge on any atom is 0.156 e. The molecule has 152 valence electrons. The molecule has 6 nitrogen and oxygen atoms in total. The number of rotatable bonds is 7. The number of nitrogens with zero attached hydrogens (tertiary/aromatic N) is 4. The molecule has 0 bridgehead atoms. The van der Waals surface area contributed by atoms with Gasteiger partial charge in [-0.2, -0.15) is 0 Å². The molecule has 0 aliphatic heterocycles. The van der Waals surface area contributed by atoms with Gasteiger partial charge in [-0.3, -0.25) is 0 Å². The molecule has 0 radical (unpaired) electrons. The largest absolute Gasteiger partial charge is 0.377 e. The molecule has 0 unspecified atom stereocenters. The summed E-state index contributed by atoms with van der Waals surface area (Å²) in [4.78, 5) is 16.2. The van der Waals surface area contributed by atoms with E-state index in [0.29, 0.717) is 24.5 Å². The van der Waals surface area contributed by atoms with Gasteiger partial charge in [-0.25, -0.2) is 15.0 Å². The summed E-state index contributed by atoms with van der Waals surface area (Å²) in [7, 11) is 3.71. The zero-order chi connectivity index (χ0) is 18.0. The molecule has 0 aromatic carbocycles.